The molecule has 6 nitrogen and oxygen atoms in total. The molecular weight excluding hydrogens is 374 g/mol. The van der Waals surface area contributed by atoms with Crippen LogP contribution in [0.3, 0.4) is 0 Å². The predicted octanol–water partition coefficient (Wildman–Crippen LogP) is 3.89. The van der Waals surface area contributed by atoms with E-state index in [1.807, 2.05) is 12.1 Å². The monoisotopic (exact) mass is 399 g/mol. The Kier molecular flexibility index (Phi) is 5.05. The summed E-state index contributed by atoms with van der Waals surface area (Å²) in [5.41, 5.74) is 5.01. The highest BCUT2D eigenvalue weighted by atomic mass is 16.1. The molecule has 0 spiro atoms. The number of amides is 1. The third kappa shape index (κ3) is 3.85. The average Bonchev–Trinajstić information content (AvgIpc) is 3.34. The molecule has 3 heterocycles. The third-order valence-corrected chi connectivity index (χ3v) is 5.92. The Morgan fingerprint density at radius 1 is 0.833 bits per heavy atom. The van der Waals surface area contributed by atoms with Gasteiger partial charge in [0.25, 0.3) is 5.91 Å². The number of nitrogens with one attached hydrogen (secondary N) is 1. The first-order valence-corrected chi connectivity index (χ1v) is 10.6. The lowest BCUT2D eigenvalue weighted by Gasteiger charge is -2.29. The summed E-state index contributed by atoms with van der Waals surface area (Å²) in [6.45, 7) is 3.94. The molecule has 3 aromatic rings. The number of carbonyl (C=O) groups is 1. The van der Waals surface area contributed by atoms with Gasteiger partial charge < -0.3 is 15.1 Å². The molecule has 152 valence electrons. The normalized spacial score (nSPS) is 15.7. The van der Waals surface area contributed by atoms with Crippen molar-refractivity contribution in [2.75, 3.05) is 34.8 Å². The maximum Gasteiger partial charge on any atom is 0.275 e. The molecule has 2 aromatic carbocycles. The van der Waals surface area contributed by atoms with E-state index in [0.717, 1.165) is 44.1 Å². The first-order chi connectivity index (χ1) is 14.8. The largest absolute Gasteiger partial charge is 0.372 e. The maximum absolute atomic E-state index is 12.6. The molecule has 0 atom stereocenters. The molecule has 1 saturated heterocycles. The van der Waals surface area contributed by atoms with E-state index in [1.54, 1.807) is 12.4 Å². The van der Waals surface area contributed by atoms with Gasteiger partial charge in [-0.3, -0.25) is 4.79 Å². The molecule has 1 fully saturated rings. The van der Waals surface area contributed by atoms with Crippen LogP contribution in [0.25, 0.3) is 0 Å². The quantitative estimate of drug-likeness (QED) is 0.721. The van der Waals surface area contributed by atoms with Crippen LogP contribution in [0.2, 0.25) is 0 Å². The van der Waals surface area contributed by atoms with E-state index in [2.05, 4.69) is 61.5 Å². The smallest absolute Gasteiger partial charge is 0.275 e. The summed E-state index contributed by atoms with van der Waals surface area (Å²) < 4.78 is 0. The minimum Gasteiger partial charge on any atom is -0.372 e. The Labute approximate surface area is 176 Å². The van der Waals surface area contributed by atoms with Gasteiger partial charge in [-0.1, -0.05) is 24.3 Å². The van der Waals surface area contributed by atoms with E-state index in [-0.39, 0.29) is 5.91 Å². The summed E-state index contributed by atoms with van der Waals surface area (Å²) in [5.74, 6) is 0.558. The lowest BCUT2D eigenvalue weighted by atomic mass is 10.0. The SMILES string of the molecule is O=C(Nc1ccc(N2CCCC2)cc1)c1cnc(N2CCc3ccccc3C2)cn1. The molecule has 0 aliphatic carbocycles. The number of fused-ring (bicyclic) bond motifs is 1. The second kappa shape index (κ2) is 8.14. The number of hydrogen-bond acceptors (Lipinski definition) is 5. The molecule has 1 aromatic heterocycles. The van der Waals surface area contributed by atoms with E-state index < -0.39 is 0 Å². The fourth-order valence-corrected chi connectivity index (χ4v) is 4.22. The number of carbonyl (C=O) groups excluding carboxylic acids is 1. The third-order valence-electron chi connectivity index (χ3n) is 5.92. The van der Waals surface area contributed by atoms with Crippen LogP contribution in [0.4, 0.5) is 17.2 Å². The van der Waals surface area contributed by atoms with Crippen molar-refractivity contribution >= 4 is 23.1 Å². The Morgan fingerprint density at radius 2 is 1.60 bits per heavy atom. The second-order valence-electron chi connectivity index (χ2n) is 7.90. The van der Waals surface area contributed by atoms with Crippen LogP contribution in [0.5, 0.6) is 0 Å². The molecule has 2 aliphatic heterocycles. The summed E-state index contributed by atoms with van der Waals surface area (Å²) in [6, 6.07) is 16.5. The van der Waals surface area contributed by atoms with Gasteiger partial charge in [0.15, 0.2) is 0 Å². The van der Waals surface area contributed by atoms with E-state index in [0.29, 0.717) is 5.69 Å². The standard InChI is InChI=1S/C24H25N5O/c30-24(27-20-7-9-21(10-8-20)28-12-3-4-13-28)22-15-26-23(16-25-22)29-14-11-18-5-1-2-6-19(18)17-29/h1-2,5-10,15-16H,3-4,11-14,17H2,(H,27,30). The van der Waals surface area contributed by atoms with Gasteiger partial charge in [-0.25, -0.2) is 9.97 Å². The number of nitrogens with zero attached hydrogens (tertiary/aromatic N) is 4. The van der Waals surface area contributed by atoms with Gasteiger partial charge in [-0.05, 0) is 54.7 Å². The Morgan fingerprint density at radius 3 is 2.33 bits per heavy atom. The fourth-order valence-electron chi connectivity index (χ4n) is 4.22. The van der Waals surface area contributed by atoms with Gasteiger partial charge in [-0.2, -0.15) is 0 Å². The summed E-state index contributed by atoms with van der Waals surface area (Å²) in [5, 5.41) is 2.91. The van der Waals surface area contributed by atoms with Gasteiger partial charge >= 0.3 is 0 Å². The molecular formula is C24H25N5O. The van der Waals surface area contributed by atoms with Crippen molar-refractivity contribution in [3.8, 4) is 0 Å². The molecule has 1 amide bonds. The summed E-state index contributed by atoms with van der Waals surface area (Å²) >= 11 is 0. The van der Waals surface area contributed by atoms with Gasteiger partial charge in [0.2, 0.25) is 0 Å². The zero-order chi connectivity index (χ0) is 20.3. The molecule has 0 unspecified atom stereocenters. The number of hydrogen-bond donors (Lipinski definition) is 1. The Bertz CT molecular complexity index is 1030. The topological polar surface area (TPSA) is 61.4 Å². The fraction of sp³-hybridized carbons (Fsp3) is 0.292. The van der Waals surface area contributed by atoms with Gasteiger partial charge in [-0.15, -0.1) is 0 Å². The van der Waals surface area contributed by atoms with Crippen molar-refractivity contribution in [2.24, 2.45) is 0 Å². The van der Waals surface area contributed by atoms with Crippen molar-refractivity contribution in [1.82, 2.24) is 9.97 Å². The van der Waals surface area contributed by atoms with E-state index in [9.17, 15) is 4.79 Å². The van der Waals surface area contributed by atoms with Crippen LogP contribution < -0.4 is 15.1 Å². The van der Waals surface area contributed by atoms with Crippen molar-refractivity contribution in [2.45, 2.75) is 25.8 Å². The van der Waals surface area contributed by atoms with Crippen LogP contribution in [-0.4, -0.2) is 35.5 Å². The molecule has 0 saturated carbocycles. The Hall–Kier alpha value is -3.41. The number of aromatic nitrogens is 2. The van der Waals surface area contributed by atoms with Gasteiger partial charge in [0, 0.05) is 37.6 Å². The van der Waals surface area contributed by atoms with Crippen LogP contribution in [0, 0.1) is 0 Å². The number of benzene rings is 2. The van der Waals surface area contributed by atoms with Crippen molar-refractivity contribution in [1.29, 1.82) is 0 Å². The molecule has 5 rings (SSSR count). The highest BCUT2D eigenvalue weighted by Gasteiger charge is 2.18. The zero-order valence-electron chi connectivity index (χ0n) is 16.9. The number of rotatable bonds is 4. The van der Waals surface area contributed by atoms with Crippen LogP contribution in [0.15, 0.2) is 60.9 Å². The molecule has 1 N–H and O–H groups in total. The van der Waals surface area contributed by atoms with Crippen LogP contribution >= 0.6 is 0 Å². The van der Waals surface area contributed by atoms with Gasteiger partial charge in [0.05, 0.1) is 12.4 Å². The van der Waals surface area contributed by atoms with E-state index in [1.165, 1.54) is 29.7 Å². The van der Waals surface area contributed by atoms with Crippen molar-refractivity contribution in [3.63, 3.8) is 0 Å². The van der Waals surface area contributed by atoms with Crippen molar-refractivity contribution in [3.05, 3.63) is 77.7 Å². The summed E-state index contributed by atoms with van der Waals surface area (Å²) in [6.07, 6.45) is 6.74. The predicted molar refractivity (Wildman–Crippen MR) is 119 cm³/mol. The lowest BCUT2D eigenvalue weighted by molar-refractivity contribution is 0.102. The highest BCUT2D eigenvalue weighted by Crippen LogP contribution is 2.24. The molecule has 0 bridgehead atoms. The molecule has 0 radical (unpaired) electrons. The summed E-state index contributed by atoms with van der Waals surface area (Å²) in [7, 11) is 0. The van der Waals surface area contributed by atoms with Crippen LogP contribution in [0.1, 0.15) is 34.5 Å². The lowest BCUT2D eigenvalue weighted by Crippen LogP contribution is -2.31. The average molecular weight is 399 g/mol. The number of anilines is 3. The second-order valence-corrected chi connectivity index (χ2v) is 7.90. The molecule has 2 aliphatic rings. The first-order valence-electron chi connectivity index (χ1n) is 10.6. The Balaban J connectivity index is 1.23. The zero-order valence-corrected chi connectivity index (χ0v) is 16.9. The van der Waals surface area contributed by atoms with E-state index in [4.69, 9.17) is 0 Å². The maximum atomic E-state index is 12.6. The van der Waals surface area contributed by atoms with E-state index >= 15 is 0 Å². The molecule has 6 heteroatoms. The molecule has 30 heavy (non-hydrogen) atoms. The minimum absolute atomic E-state index is 0.244. The van der Waals surface area contributed by atoms with Crippen molar-refractivity contribution < 1.29 is 4.79 Å². The van der Waals surface area contributed by atoms with Gasteiger partial charge in [0.1, 0.15) is 11.5 Å². The first kappa shape index (κ1) is 18.6. The summed E-state index contributed by atoms with van der Waals surface area (Å²) in [4.78, 5) is 26.0. The highest BCUT2D eigenvalue weighted by molar-refractivity contribution is 6.02. The minimum atomic E-state index is -0.244. The van der Waals surface area contributed by atoms with Crippen LogP contribution in [-0.2, 0) is 13.0 Å².